The number of halogens is 2. The average molecular weight is 333 g/mol. The van der Waals surface area contributed by atoms with E-state index in [1.54, 1.807) is 18.2 Å². The van der Waals surface area contributed by atoms with Gasteiger partial charge in [0.2, 0.25) is 5.91 Å². The summed E-state index contributed by atoms with van der Waals surface area (Å²) in [5.41, 5.74) is 0.292. The summed E-state index contributed by atoms with van der Waals surface area (Å²) in [7, 11) is 0. The number of carbonyl (C=O) groups excluding carboxylic acids is 2. The molecule has 1 aromatic carbocycles. The van der Waals surface area contributed by atoms with Crippen LogP contribution in [0.2, 0.25) is 10.0 Å². The maximum atomic E-state index is 11.6. The molecule has 0 aliphatic carbocycles. The Balaban J connectivity index is 2.38. The molecule has 21 heavy (non-hydrogen) atoms. The number of unbranched alkanes of at least 4 members (excludes halogenated alkanes) is 1. The fourth-order valence-corrected chi connectivity index (χ4v) is 1.85. The quantitative estimate of drug-likeness (QED) is 0.696. The Morgan fingerprint density at radius 1 is 1.10 bits per heavy atom. The molecule has 0 radical (unpaired) electrons. The van der Waals surface area contributed by atoms with Gasteiger partial charge in [0.1, 0.15) is 0 Å². The number of aliphatic carboxylic acids is 1. The number of hydrogen-bond donors (Lipinski definition) is 3. The highest BCUT2D eigenvalue weighted by molar-refractivity contribution is 6.44. The van der Waals surface area contributed by atoms with E-state index in [2.05, 4.69) is 10.6 Å². The third-order valence-electron chi connectivity index (χ3n) is 2.50. The SMILES string of the molecule is O=C(O)CCCCC(=O)NC(=O)Nc1cccc(Cl)c1Cl. The number of anilines is 1. The summed E-state index contributed by atoms with van der Waals surface area (Å²) in [6.45, 7) is 0. The molecule has 6 nitrogen and oxygen atoms in total. The molecule has 1 rings (SSSR count). The molecule has 0 heterocycles. The Bertz CT molecular complexity index is 549. The lowest BCUT2D eigenvalue weighted by molar-refractivity contribution is -0.137. The van der Waals surface area contributed by atoms with E-state index >= 15 is 0 Å². The number of carbonyl (C=O) groups is 3. The van der Waals surface area contributed by atoms with E-state index in [1.165, 1.54) is 0 Å². The Morgan fingerprint density at radius 3 is 2.43 bits per heavy atom. The van der Waals surface area contributed by atoms with Crippen molar-refractivity contribution in [3.05, 3.63) is 28.2 Å². The largest absolute Gasteiger partial charge is 0.481 e. The van der Waals surface area contributed by atoms with Gasteiger partial charge < -0.3 is 10.4 Å². The fraction of sp³-hybridized carbons (Fsp3) is 0.308. The van der Waals surface area contributed by atoms with Gasteiger partial charge in [-0.05, 0) is 25.0 Å². The van der Waals surface area contributed by atoms with Crippen molar-refractivity contribution in [2.45, 2.75) is 25.7 Å². The van der Waals surface area contributed by atoms with E-state index in [0.29, 0.717) is 18.5 Å². The maximum Gasteiger partial charge on any atom is 0.325 e. The zero-order valence-corrected chi connectivity index (χ0v) is 12.5. The Hall–Kier alpha value is -1.79. The monoisotopic (exact) mass is 332 g/mol. The van der Waals surface area contributed by atoms with Gasteiger partial charge >= 0.3 is 12.0 Å². The van der Waals surface area contributed by atoms with Gasteiger partial charge in [0.15, 0.2) is 0 Å². The smallest absolute Gasteiger partial charge is 0.325 e. The minimum Gasteiger partial charge on any atom is -0.481 e. The van der Waals surface area contributed by atoms with Crippen molar-refractivity contribution in [1.82, 2.24) is 5.32 Å². The molecule has 0 spiro atoms. The Labute approximate surface area is 131 Å². The number of carboxylic acid groups (broad SMARTS) is 1. The third-order valence-corrected chi connectivity index (χ3v) is 3.32. The summed E-state index contributed by atoms with van der Waals surface area (Å²) >= 11 is 11.7. The highest BCUT2D eigenvalue weighted by Gasteiger charge is 2.11. The molecule has 3 N–H and O–H groups in total. The molecule has 0 atom stereocenters. The lowest BCUT2D eigenvalue weighted by atomic mass is 10.2. The van der Waals surface area contributed by atoms with E-state index in [1.807, 2.05) is 0 Å². The summed E-state index contributed by atoms with van der Waals surface area (Å²) in [5, 5.41) is 13.5. The van der Waals surface area contributed by atoms with Crippen LogP contribution in [0.3, 0.4) is 0 Å². The molecule has 0 aliphatic heterocycles. The van der Waals surface area contributed by atoms with Crippen molar-refractivity contribution >= 4 is 46.8 Å². The molecular weight excluding hydrogens is 319 g/mol. The first-order chi connectivity index (χ1) is 9.90. The number of amides is 3. The minimum absolute atomic E-state index is 0.00238. The van der Waals surface area contributed by atoms with Gasteiger partial charge in [-0.1, -0.05) is 29.3 Å². The lowest BCUT2D eigenvalue weighted by Gasteiger charge is -2.08. The van der Waals surface area contributed by atoms with Gasteiger partial charge in [-0.3, -0.25) is 14.9 Å². The van der Waals surface area contributed by atoms with Crippen LogP contribution in [-0.4, -0.2) is 23.0 Å². The van der Waals surface area contributed by atoms with Crippen molar-refractivity contribution in [1.29, 1.82) is 0 Å². The van der Waals surface area contributed by atoms with Crippen LogP contribution in [0.5, 0.6) is 0 Å². The molecule has 114 valence electrons. The van der Waals surface area contributed by atoms with Gasteiger partial charge in [-0.15, -0.1) is 0 Å². The number of nitrogens with one attached hydrogen (secondary N) is 2. The summed E-state index contributed by atoms with van der Waals surface area (Å²) in [6, 6.07) is 4.01. The van der Waals surface area contributed by atoms with Crippen LogP contribution in [-0.2, 0) is 9.59 Å². The topological polar surface area (TPSA) is 95.5 Å². The second-order valence-electron chi connectivity index (χ2n) is 4.20. The van der Waals surface area contributed by atoms with Crippen LogP contribution in [0.15, 0.2) is 18.2 Å². The molecule has 0 saturated heterocycles. The van der Waals surface area contributed by atoms with Gasteiger partial charge in [-0.25, -0.2) is 4.79 Å². The van der Waals surface area contributed by atoms with Crippen molar-refractivity contribution in [2.75, 3.05) is 5.32 Å². The summed E-state index contributed by atoms with van der Waals surface area (Å²) in [6.07, 6.45) is 0.843. The standard InChI is InChI=1S/C13H14Cl2N2O4/c14-8-4-3-5-9(12(8)15)16-13(21)17-10(18)6-1-2-7-11(19)20/h3-5H,1-2,6-7H2,(H,19,20)(H2,16,17,18,21). The van der Waals surface area contributed by atoms with Crippen LogP contribution in [0.4, 0.5) is 10.5 Å². The van der Waals surface area contributed by atoms with E-state index in [0.717, 1.165) is 0 Å². The molecule has 0 fully saturated rings. The number of imide groups is 1. The average Bonchev–Trinajstić information content (AvgIpc) is 2.40. The predicted octanol–water partition coefficient (Wildman–Crippen LogP) is 3.29. The molecule has 0 saturated carbocycles. The highest BCUT2D eigenvalue weighted by atomic mass is 35.5. The fourth-order valence-electron chi connectivity index (χ4n) is 1.50. The van der Waals surface area contributed by atoms with Crippen LogP contribution < -0.4 is 10.6 Å². The van der Waals surface area contributed by atoms with E-state index in [9.17, 15) is 14.4 Å². The lowest BCUT2D eigenvalue weighted by Crippen LogP contribution is -2.34. The third kappa shape index (κ3) is 6.46. The number of carboxylic acids is 1. The molecule has 1 aromatic rings. The number of rotatable bonds is 6. The highest BCUT2D eigenvalue weighted by Crippen LogP contribution is 2.29. The van der Waals surface area contributed by atoms with Crippen LogP contribution in [0.1, 0.15) is 25.7 Å². The van der Waals surface area contributed by atoms with Gasteiger partial charge in [0.25, 0.3) is 0 Å². The zero-order valence-electron chi connectivity index (χ0n) is 11.0. The van der Waals surface area contributed by atoms with Gasteiger partial charge in [-0.2, -0.15) is 0 Å². The summed E-state index contributed by atoms with van der Waals surface area (Å²) in [5.74, 6) is -1.40. The van der Waals surface area contributed by atoms with E-state index in [4.69, 9.17) is 28.3 Å². The molecule has 0 aromatic heterocycles. The van der Waals surface area contributed by atoms with Crippen LogP contribution >= 0.6 is 23.2 Å². The Morgan fingerprint density at radius 2 is 1.76 bits per heavy atom. The first-order valence-electron chi connectivity index (χ1n) is 6.17. The molecule has 0 aliphatic rings. The first kappa shape index (κ1) is 17.3. The summed E-state index contributed by atoms with van der Waals surface area (Å²) in [4.78, 5) is 33.3. The molecule has 0 bridgehead atoms. The predicted molar refractivity (Wildman–Crippen MR) is 79.7 cm³/mol. The second-order valence-corrected chi connectivity index (χ2v) is 4.99. The van der Waals surface area contributed by atoms with Gasteiger partial charge in [0.05, 0.1) is 15.7 Å². The maximum absolute atomic E-state index is 11.6. The zero-order chi connectivity index (χ0) is 15.8. The second kappa shape index (κ2) is 8.49. The van der Waals surface area contributed by atoms with E-state index < -0.39 is 17.9 Å². The van der Waals surface area contributed by atoms with Crippen molar-refractivity contribution in [2.24, 2.45) is 0 Å². The minimum atomic E-state index is -0.913. The van der Waals surface area contributed by atoms with Crippen molar-refractivity contribution in [3.8, 4) is 0 Å². The van der Waals surface area contributed by atoms with Crippen LogP contribution in [0, 0.1) is 0 Å². The molecule has 0 unspecified atom stereocenters. The Kier molecular flexibility index (Phi) is 6.98. The van der Waals surface area contributed by atoms with Crippen LogP contribution in [0.25, 0.3) is 0 Å². The molecule has 8 heteroatoms. The normalized spacial score (nSPS) is 10.0. The van der Waals surface area contributed by atoms with Crippen molar-refractivity contribution < 1.29 is 19.5 Å². The first-order valence-corrected chi connectivity index (χ1v) is 6.92. The molecule has 3 amide bonds. The van der Waals surface area contributed by atoms with Gasteiger partial charge in [0, 0.05) is 12.8 Å². The number of hydrogen-bond acceptors (Lipinski definition) is 3. The van der Waals surface area contributed by atoms with E-state index in [-0.39, 0.29) is 22.9 Å². The number of urea groups is 1. The number of benzene rings is 1. The summed E-state index contributed by atoms with van der Waals surface area (Å²) < 4.78 is 0. The molecular formula is C13H14Cl2N2O4. The van der Waals surface area contributed by atoms with Crippen molar-refractivity contribution in [3.63, 3.8) is 0 Å².